The third-order valence-electron chi connectivity index (χ3n) is 3.56. The standard InChI is InChI=1S/C17H19N3O2/c1-21-12-6-10-16-19-13-7-5-11-18-17(13)20(16)14-8-3-4-9-15(14)22-2/h3-5,7-9,11H,6,10,12H2,1-2H3. The van der Waals surface area contributed by atoms with Gasteiger partial charge >= 0.3 is 0 Å². The van der Waals surface area contributed by atoms with Gasteiger partial charge in [0.1, 0.15) is 17.1 Å². The number of ether oxygens (including phenoxy) is 2. The first-order valence-corrected chi connectivity index (χ1v) is 7.30. The topological polar surface area (TPSA) is 49.2 Å². The minimum Gasteiger partial charge on any atom is -0.495 e. The SMILES string of the molecule is COCCCc1nc2cccnc2n1-c1ccccc1OC. The average molecular weight is 297 g/mol. The van der Waals surface area contributed by atoms with Crippen LogP contribution >= 0.6 is 0 Å². The monoisotopic (exact) mass is 297 g/mol. The van der Waals surface area contributed by atoms with E-state index in [0.717, 1.165) is 41.3 Å². The predicted octanol–water partition coefficient (Wildman–Crippen LogP) is 3.01. The van der Waals surface area contributed by atoms with Crippen molar-refractivity contribution in [1.29, 1.82) is 0 Å². The minimum atomic E-state index is 0.711. The van der Waals surface area contributed by atoms with E-state index in [0.29, 0.717) is 6.61 Å². The van der Waals surface area contributed by atoms with E-state index < -0.39 is 0 Å². The van der Waals surface area contributed by atoms with Gasteiger partial charge in [0, 0.05) is 26.3 Å². The Morgan fingerprint density at radius 1 is 1.09 bits per heavy atom. The van der Waals surface area contributed by atoms with Gasteiger partial charge in [-0.25, -0.2) is 9.97 Å². The van der Waals surface area contributed by atoms with E-state index in [1.54, 1.807) is 20.4 Å². The molecule has 0 aliphatic rings. The number of imidazole rings is 1. The fourth-order valence-corrected chi connectivity index (χ4v) is 2.57. The largest absolute Gasteiger partial charge is 0.495 e. The Kier molecular flexibility index (Phi) is 4.34. The van der Waals surface area contributed by atoms with Crippen LogP contribution in [0.25, 0.3) is 16.9 Å². The van der Waals surface area contributed by atoms with Gasteiger partial charge in [-0.05, 0) is 30.7 Å². The molecule has 0 aliphatic heterocycles. The van der Waals surface area contributed by atoms with E-state index in [2.05, 4.69) is 9.55 Å². The molecule has 3 aromatic rings. The van der Waals surface area contributed by atoms with Crippen LogP contribution in [0.15, 0.2) is 42.6 Å². The Morgan fingerprint density at radius 2 is 1.95 bits per heavy atom. The number of hydrogen-bond acceptors (Lipinski definition) is 4. The summed E-state index contributed by atoms with van der Waals surface area (Å²) in [5, 5.41) is 0. The zero-order valence-electron chi connectivity index (χ0n) is 12.8. The lowest BCUT2D eigenvalue weighted by atomic mass is 10.2. The number of hydrogen-bond donors (Lipinski definition) is 0. The van der Waals surface area contributed by atoms with Crippen LogP contribution < -0.4 is 4.74 Å². The Morgan fingerprint density at radius 3 is 2.77 bits per heavy atom. The number of methoxy groups -OCH3 is 2. The van der Waals surface area contributed by atoms with Gasteiger partial charge in [-0.1, -0.05) is 12.1 Å². The Hall–Kier alpha value is -2.40. The normalized spacial score (nSPS) is 11.0. The van der Waals surface area contributed by atoms with Crippen LogP contribution in [0.3, 0.4) is 0 Å². The summed E-state index contributed by atoms with van der Waals surface area (Å²) in [6.07, 6.45) is 3.52. The molecule has 0 spiro atoms. The molecule has 0 bridgehead atoms. The van der Waals surface area contributed by atoms with Gasteiger partial charge in [-0.15, -0.1) is 0 Å². The van der Waals surface area contributed by atoms with E-state index in [-0.39, 0.29) is 0 Å². The summed E-state index contributed by atoms with van der Waals surface area (Å²) in [7, 11) is 3.39. The quantitative estimate of drug-likeness (QED) is 0.656. The molecule has 5 heteroatoms. The molecule has 0 unspecified atom stereocenters. The summed E-state index contributed by atoms with van der Waals surface area (Å²) in [4.78, 5) is 9.22. The number of fused-ring (bicyclic) bond motifs is 1. The molecule has 0 saturated carbocycles. The summed E-state index contributed by atoms with van der Waals surface area (Å²) in [5.74, 6) is 1.77. The van der Waals surface area contributed by atoms with Crippen molar-refractivity contribution in [2.45, 2.75) is 12.8 Å². The van der Waals surface area contributed by atoms with Gasteiger partial charge in [0.2, 0.25) is 0 Å². The molecule has 2 heterocycles. The molecule has 0 radical (unpaired) electrons. The third-order valence-corrected chi connectivity index (χ3v) is 3.56. The molecule has 0 atom stereocenters. The van der Waals surface area contributed by atoms with Gasteiger partial charge in [-0.3, -0.25) is 4.57 Å². The molecule has 0 fully saturated rings. The lowest BCUT2D eigenvalue weighted by Crippen LogP contribution is -2.05. The van der Waals surface area contributed by atoms with Crippen molar-refractivity contribution in [2.75, 3.05) is 20.8 Å². The van der Waals surface area contributed by atoms with Crippen LogP contribution in [0.1, 0.15) is 12.2 Å². The number of aryl methyl sites for hydroxylation is 1. The van der Waals surface area contributed by atoms with Crippen molar-refractivity contribution in [3.8, 4) is 11.4 Å². The highest BCUT2D eigenvalue weighted by molar-refractivity contribution is 5.74. The van der Waals surface area contributed by atoms with E-state index in [1.165, 1.54) is 0 Å². The van der Waals surface area contributed by atoms with Gasteiger partial charge in [-0.2, -0.15) is 0 Å². The molecule has 3 rings (SSSR count). The number of pyridine rings is 1. The third kappa shape index (κ3) is 2.67. The van der Waals surface area contributed by atoms with Crippen LogP contribution in [0.4, 0.5) is 0 Å². The van der Waals surface area contributed by atoms with Crippen LogP contribution in [-0.4, -0.2) is 35.4 Å². The number of para-hydroxylation sites is 2. The highest BCUT2D eigenvalue weighted by Gasteiger charge is 2.15. The first kappa shape index (κ1) is 14.5. The van der Waals surface area contributed by atoms with Crippen LogP contribution in [0, 0.1) is 0 Å². The van der Waals surface area contributed by atoms with Gasteiger partial charge in [0.05, 0.1) is 12.8 Å². The molecule has 2 aromatic heterocycles. The number of rotatable bonds is 6. The van der Waals surface area contributed by atoms with Gasteiger partial charge < -0.3 is 9.47 Å². The molecule has 5 nitrogen and oxygen atoms in total. The minimum absolute atomic E-state index is 0.711. The second-order valence-electron chi connectivity index (χ2n) is 4.98. The van der Waals surface area contributed by atoms with Crippen molar-refractivity contribution in [2.24, 2.45) is 0 Å². The number of benzene rings is 1. The molecular weight excluding hydrogens is 278 g/mol. The number of aromatic nitrogens is 3. The molecule has 1 aromatic carbocycles. The van der Waals surface area contributed by atoms with E-state index in [9.17, 15) is 0 Å². The highest BCUT2D eigenvalue weighted by Crippen LogP contribution is 2.27. The van der Waals surface area contributed by atoms with Crippen LogP contribution in [0.5, 0.6) is 5.75 Å². The molecular formula is C17H19N3O2. The van der Waals surface area contributed by atoms with Crippen LogP contribution in [0.2, 0.25) is 0 Å². The predicted molar refractivity (Wildman–Crippen MR) is 85.6 cm³/mol. The maximum Gasteiger partial charge on any atom is 0.164 e. The molecule has 0 amide bonds. The molecule has 0 aliphatic carbocycles. The maximum absolute atomic E-state index is 5.50. The summed E-state index contributed by atoms with van der Waals surface area (Å²) in [6.45, 7) is 0.711. The van der Waals surface area contributed by atoms with Crippen molar-refractivity contribution in [3.05, 3.63) is 48.4 Å². The Labute approximate surface area is 129 Å². The smallest absolute Gasteiger partial charge is 0.164 e. The first-order valence-electron chi connectivity index (χ1n) is 7.30. The highest BCUT2D eigenvalue weighted by atomic mass is 16.5. The van der Waals surface area contributed by atoms with Crippen molar-refractivity contribution in [3.63, 3.8) is 0 Å². The lowest BCUT2D eigenvalue weighted by molar-refractivity contribution is 0.194. The fourth-order valence-electron chi connectivity index (χ4n) is 2.57. The Balaban J connectivity index is 2.14. The lowest BCUT2D eigenvalue weighted by Gasteiger charge is -2.12. The van der Waals surface area contributed by atoms with Crippen molar-refractivity contribution < 1.29 is 9.47 Å². The Bertz CT molecular complexity index is 767. The maximum atomic E-state index is 5.50. The first-order chi connectivity index (χ1) is 10.8. The van der Waals surface area contributed by atoms with Crippen molar-refractivity contribution in [1.82, 2.24) is 14.5 Å². The molecule has 0 saturated heterocycles. The molecule has 114 valence electrons. The number of nitrogens with zero attached hydrogens (tertiary/aromatic N) is 3. The summed E-state index contributed by atoms with van der Waals surface area (Å²) in [6, 6.07) is 11.8. The summed E-state index contributed by atoms with van der Waals surface area (Å²) in [5.41, 5.74) is 2.69. The van der Waals surface area contributed by atoms with E-state index >= 15 is 0 Å². The fraction of sp³-hybridized carbons (Fsp3) is 0.294. The van der Waals surface area contributed by atoms with E-state index in [1.807, 2.05) is 36.4 Å². The molecule has 22 heavy (non-hydrogen) atoms. The zero-order chi connectivity index (χ0) is 15.4. The zero-order valence-corrected chi connectivity index (χ0v) is 12.8. The average Bonchev–Trinajstić information content (AvgIpc) is 2.93. The second kappa shape index (κ2) is 6.58. The second-order valence-corrected chi connectivity index (χ2v) is 4.98. The van der Waals surface area contributed by atoms with E-state index in [4.69, 9.17) is 14.5 Å². The van der Waals surface area contributed by atoms with Gasteiger partial charge in [0.15, 0.2) is 5.65 Å². The van der Waals surface area contributed by atoms with Crippen LogP contribution in [-0.2, 0) is 11.2 Å². The summed E-state index contributed by atoms with van der Waals surface area (Å²) >= 11 is 0. The molecule has 0 N–H and O–H groups in total. The van der Waals surface area contributed by atoms with Crippen molar-refractivity contribution >= 4 is 11.2 Å². The summed E-state index contributed by atoms with van der Waals surface area (Å²) < 4.78 is 12.7. The van der Waals surface area contributed by atoms with Gasteiger partial charge in [0.25, 0.3) is 0 Å².